The SMILES string of the molecule is Cc1c(-c2ccccc2)sc2nc(C)n(S)c(=O)c12. The molecule has 0 N–H and O–H groups in total. The lowest BCUT2D eigenvalue weighted by atomic mass is 10.1. The molecule has 96 valence electrons. The Morgan fingerprint density at radius 1 is 1.21 bits per heavy atom. The smallest absolute Gasteiger partial charge is 0.268 e. The van der Waals surface area contributed by atoms with E-state index in [0.29, 0.717) is 11.2 Å². The molecule has 3 nitrogen and oxygen atoms in total. The van der Waals surface area contributed by atoms with Crippen LogP contribution in [0.2, 0.25) is 0 Å². The van der Waals surface area contributed by atoms with E-state index in [0.717, 1.165) is 20.8 Å². The van der Waals surface area contributed by atoms with Crippen LogP contribution in [0.5, 0.6) is 0 Å². The standard InChI is InChI=1S/C14H12N2OS2/c1-8-11-13(15-9(2)16(18)14(11)17)19-12(8)10-6-4-3-5-7-10/h3-7,18H,1-2H3. The molecule has 2 aromatic heterocycles. The molecule has 0 atom stereocenters. The van der Waals surface area contributed by atoms with Gasteiger partial charge < -0.3 is 0 Å². The number of thiol groups is 1. The summed E-state index contributed by atoms with van der Waals surface area (Å²) in [4.78, 5) is 18.6. The molecule has 0 aliphatic carbocycles. The van der Waals surface area contributed by atoms with Gasteiger partial charge in [-0.05, 0) is 25.0 Å². The third kappa shape index (κ3) is 1.89. The van der Waals surface area contributed by atoms with Gasteiger partial charge in [0.2, 0.25) is 0 Å². The molecule has 2 heterocycles. The Balaban J connectivity index is 2.39. The second kappa shape index (κ2) is 4.51. The average Bonchev–Trinajstić information content (AvgIpc) is 2.74. The molecule has 3 rings (SSSR count). The van der Waals surface area contributed by atoms with Crippen LogP contribution in [0.25, 0.3) is 20.7 Å². The number of fused-ring (bicyclic) bond motifs is 1. The van der Waals surface area contributed by atoms with Crippen LogP contribution in [-0.4, -0.2) is 8.96 Å². The lowest BCUT2D eigenvalue weighted by molar-refractivity contribution is 1.01. The molecule has 19 heavy (non-hydrogen) atoms. The lowest BCUT2D eigenvalue weighted by Gasteiger charge is -2.01. The molecule has 0 aliphatic heterocycles. The van der Waals surface area contributed by atoms with Crippen LogP contribution < -0.4 is 5.56 Å². The summed E-state index contributed by atoms with van der Waals surface area (Å²) in [6.07, 6.45) is 0. The number of rotatable bonds is 1. The van der Waals surface area contributed by atoms with E-state index in [1.165, 1.54) is 3.97 Å². The number of benzene rings is 1. The number of aryl methyl sites for hydroxylation is 2. The van der Waals surface area contributed by atoms with Gasteiger partial charge in [0.25, 0.3) is 5.56 Å². The third-order valence-corrected chi connectivity index (χ3v) is 4.85. The predicted molar refractivity (Wildman–Crippen MR) is 83.2 cm³/mol. The Hall–Kier alpha value is -1.59. The van der Waals surface area contributed by atoms with Crippen molar-refractivity contribution < 1.29 is 0 Å². The van der Waals surface area contributed by atoms with Crippen molar-refractivity contribution in [3.8, 4) is 10.4 Å². The fraction of sp³-hybridized carbons (Fsp3) is 0.143. The van der Waals surface area contributed by atoms with Crippen LogP contribution in [0.15, 0.2) is 35.1 Å². The summed E-state index contributed by atoms with van der Waals surface area (Å²) < 4.78 is 1.30. The van der Waals surface area contributed by atoms with Crippen LogP contribution in [0.4, 0.5) is 0 Å². The zero-order valence-corrected chi connectivity index (χ0v) is 12.3. The summed E-state index contributed by atoms with van der Waals surface area (Å²) in [5.74, 6) is 0.613. The Morgan fingerprint density at radius 2 is 1.89 bits per heavy atom. The van der Waals surface area contributed by atoms with E-state index < -0.39 is 0 Å². The quantitative estimate of drug-likeness (QED) is 0.696. The van der Waals surface area contributed by atoms with Gasteiger partial charge in [0.15, 0.2) is 0 Å². The van der Waals surface area contributed by atoms with Crippen molar-refractivity contribution in [1.29, 1.82) is 0 Å². The first kappa shape index (κ1) is 12.4. The Labute approximate surface area is 120 Å². The van der Waals surface area contributed by atoms with Gasteiger partial charge in [0, 0.05) is 4.88 Å². The normalized spacial score (nSPS) is 11.1. The van der Waals surface area contributed by atoms with Gasteiger partial charge in [-0.1, -0.05) is 43.1 Å². The molecule has 0 fully saturated rings. The van der Waals surface area contributed by atoms with Crippen molar-refractivity contribution in [2.45, 2.75) is 13.8 Å². The van der Waals surface area contributed by atoms with Gasteiger partial charge in [-0.15, -0.1) is 11.3 Å². The summed E-state index contributed by atoms with van der Waals surface area (Å²) in [6, 6.07) is 10.1. The highest BCUT2D eigenvalue weighted by atomic mass is 32.1. The predicted octanol–water partition coefficient (Wildman–Crippen LogP) is 3.43. The van der Waals surface area contributed by atoms with Crippen LogP contribution in [0, 0.1) is 13.8 Å². The zero-order chi connectivity index (χ0) is 13.6. The minimum atomic E-state index is -0.0956. The first-order valence-electron chi connectivity index (χ1n) is 5.87. The highest BCUT2D eigenvalue weighted by molar-refractivity contribution is 7.78. The van der Waals surface area contributed by atoms with Gasteiger partial charge in [-0.3, -0.25) is 4.79 Å². The van der Waals surface area contributed by atoms with Gasteiger partial charge in [0.05, 0.1) is 5.39 Å². The van der Waals surface area contributed by atoms with Crippen LogP contribution in [0.1, 0.15) is 11.4 Å². The van der Waals surface area contributed by atoms with Crippen LogP contribution in [0.3, 0.4) is 0 Å². The van der Waals surface area contributed by atoms with E-state index in [1.54, 1.807) is 18.3 Å². The maximum absolute atomic E-state index is 12.3. The first-order valence-corrected chi connectivity index (χ1v) is 7.08. The number of aromatic nitrogens is 2. The van der Waals surface area contributed by atoms with Crippen LogP contribution in [-0.2, 0) is 0 Å². The maximum Gasteiger partial charge on any atom is 0.272 e. The summed E-state index contributed by atoms with van der Waals surface area (Å²) in [5, 5.41) is 0.671. The minimum Gasteiger partial charge on any atom is -0.268 e. The Bertz CT molecular complexity index is 819. The fourth-order valence-electron chi connectivity index (χ4n) is 2.14. The van der Waals surface area contributed by atoms with E-state index >= 15 is 0 Å². The van der Waals surface area contributed by atoms with Gasteiger partial charge >= 0.3 is 0 Å². The lowest BCUT2D eigenvalue weighted by Crippen LogP contribution is -2.16. The van der Waals surface area contributed by atoms with Crippen molar-refractivity contribution in [1.82, 2.24) is 8.96 Å². The average molecular weight is 288 g/mol. The van der Waals surface area contributed by atoms with E-state index in [1.807, 2.05) is 37.3 Å². The van der Waals surface area contributed by atoms with Crippen molar-refractivity contribution in [3.63, 3.8) is 0 Å². The monoisotopic (exact) mass is 288 g/mol. The molecule has 0 radical (unpaired) electrons. The molecule has 1 aromatic carbocycles. The maximum atomic E-state index is 12.3. The van der Waals surface area contributed by atoms with Crippen molar-refractivity contribution in [3.05, 3.63) is 52.1 Å². The number of nitrogens with zero attached hydrogens (tertiary/aromatic N) is 2. The van der Waals surface area contributed by atoms with Crippen LogP contribution >= 0.6 is 24.2 Å². The molecular formula is C14H12N2OS2. The highest BCUT2D eigenvalue weighted by Crippen LogP contribution is 2.35. The summed E-state index contributed by atoms with van der Waals surface area (Å²) >= 11 is 5.73. The first-order chi connectivity index (χ1) is 9.09. The molecule has 0 amide bonds. The molecule has 0 saturated carbocycles. The second-order valence-electron chi connectivity index (χ2n) is 4.38. The number of hydrogen-bond donors (Lipinski definition) is 1. The Kier molecular flexibility index (Phi) is 2.95. The molecule has 0 saturated heterocycles. The van der Waals surface area contributed by atoms with Crippen molar-refractivity contribution >= 4 is 34.4 Å². The highest BCUT2D eigenvalue weighted by Gasteiger charge is 2.16. The van der Waals surface area contributed by atoms with E-state index in [2.05, 4.69) is 17.8 Å². The molecule has 3 aromatic rings. The summed E-state index contributed by atoms with van der Waals surface area (Å²) in [6.45, 7) is 3.75. The van der Waals surface area contributed by atoms with Gasteiger partial charge in [0.1, 0.15) is 10.7 Å². The van der Waals surface area contributed by atoms with Gasteiger partial charge in [-0.25, -0.2) is 8.96 Å². The topological polar surface area (TPSA) is 34.9 Å². The summed E-state index contributed by atoms with van der Waals surface area (Å²) in [7, 11) is 0. The number of hydrogen-bond acceptors (Lipinski definition) is 4. The summed E-state index contributed by atoms with van der Waals surface area (Å²) in [5.41, 5.74) is 2.00. The van der Waals surface area contributed by atoms with E-state index in [9.17, 15) is 4.79 Å². The third-order valence-electron chi connectivity index (χ3n) is 3.14. The van der Waals surface area contributed by atoms with Crippen molar-refractivity contribution in [2.24, 2.45) is 0 Å². The Morgan fingerprint density at radius 3 is 2.58 bits per heavy atom. The molecule has 0 unspecified atom stereocenters. The molecule has 5 heteroatoms. The molecule has 0 spiro atoms. The molecule has 0 aliphatic rings. The number of thiophene rings is 1. The van der Waals surface area contributed by atoms with E-state index in [4.69, 9.17) is 0 Å². The minimum absolute atomic E-state index is 0.0956. The zero-order valence-electron chi connectivity index (χ0n) is 10.5. The second-order valence-corrected chi connectivity index (χ2v) is 5.78. The van der Waals surface area contributed by atoms with Gasteiger partial charge in [-0.2, -0.15) is 0 Å². The fourth-order valence-corrected chi connectivity index (χ4v) is 3.51. The molecule has 0 bridgehead atoms. The van der Waals surface area contributed by atoms with E-state index in [-0.39, 0.29) is 5.56 Å². The van der Waals surface area contributed by atoms with Crippen molar-refractivity contribution in [2.75, 3.05) is 0 Å². The largest absolute Gasteiger partial charge is 0.272 e. The molecular weight excluding hydrogens is 276 g/mol.